The van der Waals surface area contributed by atoms with E-state index in [2.05, 4.69) is 15.3 Å². The third-order valence-corrected chi connectivity index (χ3v) is 3.01. The number of carbonyl (C=O) groups is 1. The van der Waals surface area contributed by atoms with Crippen LogP contribution in [0.25, 0.3) is 11.4 Å². The zero-order valence-electron chi connectivity index (χ0n) is 11.6. The molecule has 0 unspecified atom stereocenters. The third-order valence-electron chi connectivity index (χ3n) is 3.01. The number of aliphatic hydroxyl groups excluding tert-OH is 1. The number of carboxylic acids is 1. The maximum Gasteiger partial charge on any atom is 0.323 e. The fourth-order valence-corrected chi connectivity index (χ4v) is 1.87. The molecule has 0 bridgehead atoms. The molecule has 0 radical (unpaired) electrons. The molecule has 3 N–H and O–H groups in total. The van der Waals surface area contributed by atoms with E-state index in [0.717, 1.165) is 11.1 Å². The van der Waals surface area contributed by atoms with Crippen molar-refractivity contribution in [2.75, 3.05) is 0 Å². The number of nitrogens with one attached hydrogen (secondary N) is 1. The summed E-state index contributed by atoms with van der Waals surface area (Å²) in [6, 6.07) is 8.56. The van der Waals surface area contributed by atoms with Crippen LogP contribution in [0.4, 0.5) is 0 Å². The lowest BCUT2D eigenvalue weighted by atomic mass is 10.1. The molecular weight excluding hydrogens is 270 g/mol. The van der Waals surface area contributed by atoms with Crippen LogP contribution in [0, 0.1) is 0 Å². The minimum atomic E-state index is -1.09. The molecule has 2 rings (SSSR count). The van der Waals surface area contributed by atoms with Gasteiger partial charge in [-0.2, -0.15) is 0 Å². The van der Waals surface area contributed by atoms with E-state index in [1.165, 1.54) is 6.92 Å². The molecule has 0 aliphatic rings. The second kappa shape index (κ2) is 6.92. The van der Waals surface area contributed by atoms with Gasteiger partial charge in [-0.25, -0.2) is 9.97 Å². The highest BCUT2D eigenvalue weighted by molar-refractivity contribution is 5.74. The quantitative estimate of drug-likeness (QED) is 0.735. The van der Waals surface area contributed by atoms with Crippen LogP contribution in [0.2, 0.25) is 0 Å². The summed E-state index contributed by atoms with van der Waals surface area (Å²) >= 11 is 0. The molecule has 1 aromatic heterocycles. The summed E-state index contributed by atoms with van der Waals surface area (Å²) in [7, 11) is 0. The maximum absolute atomic E-state index is 10.9. The number of carboxylic acid groups (broad SMARTS) is 1. The van der Waals surface area contributed by atoms with Gasteiger partial charge in [-0.1, -0.05) is 30.3 Å². The minimum absolute atomic E-state index is 0.275. The molecule has 2 atom stereocenters. The van der Waals surface area contributed by atoms with Crippen LogP contribution < -0.4 is 5.32 Å². The second-order valence-corrected chi connectivity index (χ2v) is 4.72. The van der Waals surface area contributed by atoms with Gasteiger partial charge >= 0.3 is 5.97 Å². The molecule has 0 aliphatic carbocycles. The van der Waals surface area contributed by atoms with E-state index in [1.807, 2.05) is 30.3 Å². The Morgan fingerprint density at radius 3 is 2.38 bits per heavy atom. The first-order chi connectivity index (χ1) is 10.1. The van der Waals surface area contributed by atoms with Crippen molar-refractivity contribution in [3.05, 3.63) is 48.3 Å². The highest BCUT2D eigenvalue weighted by atomic mass is 16.4. The largest absolute Gasteiger partial charge is 0.480 e. The molecule has 6 heteroatoms. The highest BCUT2D eigenvalue weighted by Gasteiger charge is 2.22. The Kier molecular flexibility index (Phi) is 4.97. The summed E-state index contributed by atoms with van der Waals surface area (Å²) in [5.41, 5.74) is 1.67. The molecule has 0 saturated carbocycles. The number of nitrogens with zero attached hydrogens (tertiary/aromatic N) is 2. The minimum Gasteiger partial charge on any atom is -0.480 e. The average Bonchev–Trinajstić information content (AvgIpc) is 2.48. The van der Waals surface area contributed by atoms with Crippen molar-refractivity contribution in [2.45, 2.75) is 25.6 Å². The van der Waals surface area contributed by atoms with Gasteiger partial charge < -0.3 is 10.2 Å². The molecule has 110 valence electrons. The Hall–Kier alpha value is -2.31. The lowest BCUT2D eigenvalue weighted by Crippen LogP contribution is -2.44. The van der Waals surface area contributed by atoms with Crippen molar-refractivity contribution in [3.8, 4) is 11.4 Å². The number of aromatic nitrogens is 2. The van der Waals surface area contributed by atoms with Crippen molar-refractivity contribution in [1.82, 2.24) is 15.3 Å². The van der Waals surface area contributed by atoms with E-state index in [-0.39, 0.29) is 6.54 Å². The van der Waals surface area contributed by atoms with E-state index >= 15 is 0 Å². The van der Waals surface area contributed by atoms with E-state index in [9.17, 15) is 9.90 Å². The number of rotatable bonds is 6. The van der Waals surface area contributed by atoms with Crippen LogP contribution in [0.3, 0.4) is 0 Å². The van der Waals surface area contributed by atoms with E-state index in [4.69, 9.17) is 5.11 Å². The highest BCUT2D eigenvalue weighted by Crippen LogP contribution is 2.13. The third kappa shape index (κ3) is 4.08. The Labute approximate surface area is 122 Å². The second-order valence-electron chi connectivity index (χ2n) is 4.72. The van der Waals surface area contributed by atoms with Crippen LogP contribution in [-0.4, -0.2) is 38.3 Å². The maximum atomic E-state index is 10.9. The molecule has 0 spiro atoms. The monoisotopic (exact) mass is 287 g/mol. The number of aliphatic hydroxyl groups is 1. The van der Waals surface area contributed by atoms with E-state index in [0.29, 0.717) is 5.82 Å². The predicted molar refractivity (Wildman–Crippen MR) is 77.4 cm³/mol. The Morgan fingerprint density at radius 2 is 1.86 bits per heavy atom. The Balaban J connectivity index is 2.01. The summed E-state index contributed by atoms with van der Waals surface area (Å²) in [6.07, 6.45) is 2.30. The average molecular weight is 287 g/mol. The van der Waals surface area contributed by atoms with Crippen molar-refractivity contribution >= 4 is 5.97 Å². The SMILES string of the molecule is C[C@@H](O)[C@H](NCc1cnc(-c2ccccc2)nc1)C(=O)O. The van der Waals surface area contributed by atoms with Gasteiger partial charge in [0.2, 0.25) is 0 Å². The van der Waals surface area contributed by atoms with Crippen LogP contribution in [-0.2, 0) is 11.3 Å². The standard InChI is InChI=1S/C15H17N3O3/c1-10(19)13(15(20)21)16-7-11-8-17-14(18-9-11)12-5-3-2-4-6-12/h2-6,8-10,13,16,19H,7H2,1H3,(H,20,21)/t10-,13+/m1/s1. The molecule has 1 aromatic carbocycles. The number of benzene rings is 1. The fourth-order valence-electron chi connectivity index (χ4n) is 1.87. The first-order valence-electron chi connectivity index (χ1n) is 6.58. The van der Waals surface area contributed by atoms with E-state index < -0.39 is 18.1 Å². The van der Waals surface area contributed by atoms with Crippen molar-refractivity contribution < 1.29 is 15.0 Å². The summed E-state index contributed by atoms with van der Waals surface area (Å²) in [5.74, 6) is -0.475. The van der Waals surface area contributed by atoms with Gasteiger partial charge in [0.25, 0.3) is 0 Å². The van der Waals surface area contributed by atoms with Crippen LogP contribution in [0.5, 0.6) is 0 Å². The number of hydrogen-bond acceptors (Lipinski definition) is 5. The van der Waals surface area contributed by atoms with Crippen molar-refractivity contribution in [1.29, 1.82) is 0 Å². The van der Waals surface area contributed by atoms with Gasteiger partial charge in [0.15, 0.2) is 5.82 Å². The molecule has 2 aromatic rings. The van der Waals surface area contributed by atoms with Gasteiger partial charge in [0.05, 0.1) is 6.10 Å². The van der Waals surface area contributed by atoms with Crippen LogP contribution >= 0.6 is 0 Å². The zero-order chi connectivity index (χ0) is 15.2. The van der Waals surface area contributed by atoms with Gasteiger partial charge in [-0.15, -0.1) is 0 Å². The molecule has 0 aliphatic heterocycles. The summed E-state index contributed by atoms with van der Waals surface area (Å²) < 4.78 is 0. The Bertz CT molecular complexity index is 585. The lowest BCUT2D eigenvalue weighted by Gasteiger charge is -2.16. The van der Waals surface area contributed by atoms with E-state index in [1.54, 1.807) is 12.4 Å². The topological polar surface area (TPSA) is 95.3 Å². The molecule has 6 nitrogen and oxygen atoms in total. The molecule has 21 heavy (non-hydrogen) atoms. The van der Waals surface area contributed by atoms with Gasteiger partial charge in [-0.05, 0) is 6.92 Å². The summed E-state index contributed by atoms with van der Waals surface area (Å²) in [4.78, 5) is 19.5. The zero-order valence-corrected chi connectivity index (χ0v) is 11.6. The summed E-state index contributed by atoms with van der Waals surface area (Å²) in [5, 5.41) is 21.1. The van der Waals surface area contributed by atoms with Gasteiger partial charge in [-0.3, -0.25) is 10.1 Å². The lowest BCUT2D eigenvalue weighted by molar-refractivity contribution is -0.142. The summed E-state index contributed by atoms with van der Waals surface area (Å²) in [6.45, 7) is 1.71. The smallest absolute Gasteiger partial charge is 0.323 e. The fraction of sp³-hybridized carbons (Fsp3) is 0.267. The van der Waals surface area contributed by atoms with Crippen LogP contribution in [0.1, 0.15) is 12.5 Å². The van der Waals surface area contributed by atoms with Gasteiger partial charge in [0.1, 0.15) is 6.04 Å². The normalized spacial score (nSPS) is 13.6. The first-order valence-corrected chi connectivity index (χ1v) is 6.58. The molecule has 0 amide bonds. The number of hydrogen-bond donors (Lipinski definition) is 3. The van der Waals surface area contributed by atoms with Crippen LogP contribution in [0.15, 0.2) is 42.7 Å². The first kappa shape index (κ1) is 15.1. The van der Waals surface area contributed by atoms with Crippen molar-refractivity contribution in [3.63, 3.8) is 0 Å². The number of aliphatic carboxylic acids is 1. The van der Waals surface area contributed by atoms with Gasteiger partial charge in [0, 0.05) is 30.1 Å². The molecule has 0 saturated heterocycles. The molecular formula is C15H17N3O3. The molecule has 1 heterocycles. The van der Waals surface area contributed by atoms with Crippen molar-refractivity contribution in [2.24, 2.45) is 0 Å². The predicted octanol–water partition coefficient (Wildman–Crippen LogP) is 1.07. The molecule has 0 fully saturated rings. The Morgan fingerprint density at radius 1 is 1.24 bits per heavy atom.